The van der Waals surface area contributed by atoms with Crippen LogP contribution in [0.2, 0.25) is 0 Å². The molecule has 0 aromatic rings. The second-order valence-electron chi connectivity index (χ2n) is 23.9. The maximum absolute atomic E-state index is 13.2. The van der Waals surface area contributed by atoms with Crippen molar-refractivity contribution in [2.24, 2.45) is 0 Å². The standard InChI is InChI=1S/C67H129NO10/c1-3-5-7-9-11-13-15-17-19-21-23-25-27-29-30-31-33-34-36-38-40-42-44-46-48-50-52-54-59(70)62(72)58(57-77-67-65(75)64(74)63(73)61(56-69)78-67)68-66(76)60(71)55-53-51-49-47-45-43-41-39-37-35-32-28-26-24-22-20-18-16-14-12-10-8-6-4-2/h32,35,46,48,58-65,67,69-75H,3-31,33-34,36-45,47,49-57H2,1-2H3,(H,68,76)/b35-32-,48-46+. The molecule has 78 heavy (non-hydrogen) atoms. The first-order chi connectivity index (χ1) is 38.2. The number of carbonyl (C=O) groups is 1. The van der Waals surface area contributed by atoms with Crippen LogP contribution in [-0.4, -0.2) is 110 Å². The molecule has 1 amide bonds. The number of carbonyl (C=O) groups excluding carboxylic acids is 1. The lowest BCUT2D eigenvalue weighted by atomic mass is 9.98. The normalized spacial score (nSPS) is 19.5. The Bertz CT molecular complexity index is 1320. The maximum atomic E-state index is 13.2. The fourth-order valence-electron chi connectivity index (χ4n) is 11.0. The van der Waals surface area contributed by atoms with Crippen molar-refractivity contribution in [1.82, 2.24) is 5.32 Å². The molecule has 0 aromatic heterocycles. The van der Waals surface area contributed by atoms with E-state index < -0.39 is 74.2 Å². The van der Waals surface area contributed by atoms with Gasteiger partial charge >= 0.3 is 0 Å². The molecule has 0 saturated carbocycles. The highest BCUT2D eigenvalue weighted by atomic mass is 16.7. The Morgan fingerprint density at radius 3 is 1.10 bits per heavy atom. The van der Waals surface area contributed by atoms with Gasteiger partial charge in [0.15, 0.2) is 6.29 Å². The number of aliphatic hydroxyl groups excluding tert-OH is 7. The molecule has 0 radical (unpaired) electrons. The quantitative estimate of drug-likeness (QED) is 0.0215. The highest BCUT2D eigenvalue weighted by Crippen LogP contribution is 2.24. The van der Waals surface area contributed by atoms with E-state index in [9.17, 15) is 40.5 Å². The molecule has 1 aliphatic heterocycles. The van der Waals surface area contributed by atoms with Crippen molar-refractivity contribution in [2.75, 3.05) is 13.2 Å². The predicted octanol–water partition coefficient (Wildman–Crippen LogP) is 15.6. The molecule has 1 rings (SSSR count). The van der Waals surface area contributed by atoms with Crippen molar-refractivity contribution >= 4 is 5.91 Å². The molecule has 0 bridgehead atoms. The highest BCUT2D eigenvalue weighted by Gasteiger charge is 2.44. The van der Waals surface area contributed by atoms with Gasteiger partial charge in [-0.15, -0.1) is 0 Å². The van der Waals surface area contributed by atoms with Crippen LogP contribution < -0.4 is 5.32 Å². The largest absolute Gasteiger partial charge is 0.394 e. The van der Waals surface area contributed by atoms with Crippen molar-refractivity contribution in [1.29, 1.82) is 0 Å². The van der Waals surface area contributed by atoms with E-state index >= 15 is 0 Å². The Labute approximate surface area is 480 Å². The van der Waals surface area contributed by atoms with E-state index in [-0.39, 0.29) is 12.8 Å². The van der Waals surface area contributed by atoms with Crippen LogP contribution in [0.4, 0.5) is 0 Å². The van der Waals surface area contributed by atoms with Gasteiger partial charge in [0, 0.05) is 0 Å². The van der Waals surface area contributed by atoms with Crippen molar-refractivity contribution in [3.05, 3.63) is 24.3 Å². The Morgan fingerprint density at radius 2 is 0.756 bits per heavy atom. The van der Waals surface area contributed by atoms with Crippen LogP contribution in [-0.2, 0) is 14.3 Å². The first-order valence-corrected chi connectivity index (χ1v) is 33.7. The molecule has 1 aliphatic rings. The summed E-state index contributed by atoms with van der Waals surface area (Å²) >= 11 is 0. The predicted molar refractivity (Wildman–Crippen MR) is 326 cm³/mol. The van der Waals surface area contributed by atoms with E-state index in [1.807, 2.05) is 0 Å². The summed E-state index contributed by atoms with van der Waals surface area (Å²) in [7, 11) is 0. The van der Waals surface area contributed by atoms with Gasteiger partial charge in [-0.3, -0.25) is 4.79 Å². The summed E-state index contributed by atoms with van der Waals surface area (Å²) in [4.78, 5) is 13.2. The van der Waals surface area contributed by atoms with Crippen LogP contribution in [0.5, 0.6) is 0 Å². The van der Waals surface area contributed by atoms with Gasteiger partial charge < -0.3 is 50.5 Å². The number of nitrogens with one attached hydrogen (secondary N) is 1. The van der Waals surface area contributed by atoms with E-state index in [0.29, 0.717) is 12.8 Å². The third kappa shape index (κ3) is 43.3. The number of hydrogen-bond acceptors (Lipinski definition) is 10. The monoisotopic (exact) mass is 1110 g/mol. The summed E-state index contributed by atoms with van der Waals surface area (Å²) in [6.07, 6.45) is 58.3. The van der Waals surface area contributed by atoms with Gasteiger partial charge in [-0.05, 0) is 64.2 Å². The number of rotatable bonds is 59. The van der Waals surface area contributed by atoms with E-state index in [4.69, 9.17) is 9.47 Å². The SMILES string of the molecule is CCCCCCCCCCCCCC/C=C\CCCCCCCCCCC(O)C(=O)NC(COC1OC(CO)C(O)C(O)C1O)C(O)C(O)CCC/C=C/CCCCCCCCCCCCCCCCCCCCCCCC. The van der Waals surface area contributed by atoms with Gasteiger partial charge in [0.2, 0.25) is 5.91 Å². The van der Waals surface area contributed by atoms with E-state index in [1.54, 1.807) is 0 Å². The first-order valence-electron chi connectivity index (χ1n) is 33.7. The van der Waals surface area contributed by atoms with Crippen LogP contribution in [0, 0.1) is 0 Å². The third-order valence-corrected chi connectivity index (χ3v) is 16.5. The zero-order valence-electron chi connectivity index (χ0n) is 50.9. The van der Waals surface area contributed by atoms with Crippen molar-refractivity contribution in [3.8, 4) is 0 Å². The second-order valence-corrected chi connectivity index (χ2v) is 23.9. The lowest BCUT2D eigenvalue weighted by Crippen LogP contribution is -2.60. The van der Waals surface area contributed by atoms with E-state index in [2.05, 4.69) is 43.5 Å². The van der Waals surface area contributed by atoms with Crippen molar-refractivity contribution in [2.45, 2.75) is 384 Å². The Morgan fingerprint density at radius 1 is 0.436 bits per heavy atom. The molecule has 1 heterocycles. The van der Waals surface area contributed by atoms with E-state index in [1.165, 1.54) is 244 Å². The fourth-order valence-corrected chi connectivity index (χ4v) is 11.0. The zero-order chi connectivity index (χ0) is 56.8. The van der Waals surface area contributed by atoms with Gasteiger partial charge in [0.1, 0.15) is 36.6 Å². The Kier molecular flexibility index (Phi) is 53.6. The lowest BCUT2D eigenvalue weighted by molar-refractivity contribution is -0.303. The molecule has 11 heteroatoms. The smallest absolute Gasteiger partial charge is 0.249 e. The van der Waals surface area contributed by atoms with Crippen LogP contribution in [0.3, 0.4) is 0 Å². The molecular weight excluding hydrogens is 979 g/mol. The summed E-state index contributed by atoms with van der Waals surface area (Å²) in [5, 5.41) is 76.4. The van der Waals surface area contributed by atoms with Gasteiger partial charge in [-0.2, -0.15) is 0 Å². The molecule has 11 nitrogen and oxygen atoms in total. The van der Waals surface area contributed by atoms with Crippen LogP contribution >= 0.6 is 0 Å². The maximum Gasteiger partial charge on any atom is 0.249 e. The van der Waals surface area contributed by atoms with Crippen molar-refractivity contribution in [3.63, 3.8) is 0 Å². The number of aliphatic hydroxyl groups is 7. The Hall–Kier alpha value is -1.41. The number of hydrogen-bond donors (Lipinski definition) is 8. The minimum Gasteiger partial charge on any atom is -0.394 e. The van der Waals surface area contributed by atoms with Crippen molar-refractivity contribution < 1.29 is 50.0 Å². The summed E-state index contributed by atoms with van der Waals surface area (Å²) < 4.78 is 11.2. The molecule has 9 unspecified atom stereocenters. The fraction of sp³-hybridized carbons (Fsp3) is 0.925. The van der Waals surface area contributed by atoms with Crippen LogP contribution in [0.1, 0.15) is 328 Å². The average molecular weight is 1110 g/mol. The minimum absolute atomic E-state index is 0.252. The summed E-state index contributed by atoms with van der Waals surface area (Å²) in [5.41, 5.74) is 0. The number of amides is 1. The highest BCUT2D eigenvalue weighted by molar-refractivity contribution is 5.80. The third-order valence-electron chi connectivity index (χ3n) is 16.5. The van der Waals surface area contributed by atoms with Crippen LogP contribution in [0.15, 0.2) is 24.3 Å². The molecule has 462 valence electrons. The molecule has 1 saturated heterocycles. The first kappa shape index (κ1) is 74.6. The Balaban J connectivity index is 2.25. The molecule has 8 N–H and O–H groups in total. The molecule has 1 fully saturated rings. The summed E-state index contributed by atoms with van der Waals surface area (Å²) in [6.45, 7) is 3.49. The minimum atomic E-state index is -1.67. The molecule has 0 aromatic carbocycles. The topological polar surface area (TPSA) is 189 Å². The number of allylic oxidation sites excluding steroid dienone is 4. The van der Waals surface area contributed by atoms with Gasteiger partial charge in [0.25, 0.3) is 0 Å². The number of unbranched alkanes of at least 4 members (excludes halogenated alkanes) is 43. The molecule has 0 spiro atoms. The number of ether oxygens (including phenoxy) is 2. The summed E-state index contributed by atoms with van der Waals surface area (Å²) in [6, 6.07) is -1.19. The van der Waals surface area contributed by atoms with E-state index in [0.717, 1.165) is 44.9 Å². The second kappa shape index (κ2) is 56.1. The van der Waals surface area contributed by atoms with Gasteiger partial charge in [0.05, 0.1) is 25.4 Å². The lowest BCUT2D eigenvalue weighted by Gasteiger charge is -2.40. The van der Waals surface area contributed by atoms with Gasteiger partial charge in [-0.25, -0.2) is 0 Å². The molecule has 9 atom stereocenters. The van der Waals surface area contributed by atoms with Gasteiger partial charge in [-0.1, -0.05) is 289 Å². The zero-order valence-corrected chi connectivity index (χ0v) is 50.9. The molecular formula is C67H129NO10. The summed E-state index contributed by atoms with van der Waals surface area (Å²) in [5.74, 6) is -0.704. The average Bonchev–Trinajstić information content (AvgIpc) is 3.46. The van der Waals surface area contributed by atoms with Crippen LogP contribution in [0.25, 0.3) is 0 Å². The molecule has 0 aliphatic carbocycles.